The number of fused-ring (bicyclic) bond motifs is 4. The first-order valence-corrected chi connectivity index (χ1v) is 15.2. The number of H-pyrrole nitrogens is 1. The third-order valence-corrected chi connectivity index (χ3v) is 11.1. The van der Waals surface area contributed by atoms with Crippen molar-refractivity contribution in [2.24, 2.45) is 5.92 Å². The predicted molar refractivity (Wildman–Crippen MR) is 154 cm³/mol. The Morgan fingerprint density at radius 3 is 2.67 bits per heavy atom. The van der Waals surface area contributed by atoms with Gasteiger partial charge < -0.3 is 15.4 Å². The number of nitrogens with zero attached hydrogens (tertiary/aromatic N) is 4. The number of aliphatic hydroxyl groups excluding tert-OH is 1. The number of pyridine rings is 1. The molecule has 3 fully saturated rings. The van der Waals surface area contributed by atoms with Gasteiger partial charge in [-0.2, -0.15) is 5.10 Å². The molecule has 2 saturated carbocycles. The fraction of sp³-hybridized carbons (Fsp3) is 0.567. The fourth-order valence-electron chi connectivity index (χ4n) is 7.57. The molecule has 3 N–H and O–H groups in total. The van der Waals surface area contributed by atoms with Gasteiger partial charge in [0.15, 0.2) is 5.65 Å². The lowest BCUT2D eigenvalue weighted by Gasteiger charge is -2.34. The van der Waals surface area contributed by atoms with E-state index in [1.807, 2.05) is 15.9 Å². The first-order valence-electron chi connectivity index (χ1n) is 14.4. The molecule has 3 atom stereocenters. The highest BCUT2D eigenvalue weighted by Crippen LogP contribution is 2.53. The maximum atomic E-state index is 12.6. The second-order valence-corrected chi connectivity index (χ2v) is 13.5. The topological polar surface area (TPSA) is 98.5 Å². The molecule has 0 radical (unpaired) electrons. The SMILES string of the molecule is Cc1c(-c2[nH]c3sc([C@@H]4C[C@@H]5C[C@H]4CN5CC(=O)NC4CC(O)C4)c(C)c3c2C(C)C)cn2ncnc2c1C. The smallest absolute Gasteiger partial charge is 0.234 e. The number of hydrogen-bond acceptors (Lipinski definition) is 6. The summed E-state index contributed by atoms with van der Waals surface area (Å²) < 4.78 is 1.89. The molecule has 206 valence electrons. The van der Waals surface area contributed by atoms with Crippen molar-refractivity contribution in [3.05, 3.63) is 39.7 Å². The minimum Gasteiger partial charge on any atom is -0.393 e. The molecule has 0 spiro atoms. The molecule has 1 aliphatic heterocycles. The molecular formula is C30H38N6O2S. The number of aliphatic hydroxyl groups is 1. The van der Waals surface area contributed by atoms with Gasteiger partial charge in [-0.25, -0.2) is 9.50 Å². The van der Waals surface area contributed by atoms with E-state index in [4.69, 9.17) is 0 Å². The quantitative estimate of drug-likeness (QED) is 0.323. The Kier molecular flexibility index (Phi) is 5.92. The molecule has 8 nitrogen and oxygen atoms in total. The number of thiophene rings is 1. The van der Waals surface area contributed by atoms with Crippen LogP contribution in [0.5, 0.6) is 0 Å². The van der Waals surface area contributed by atoms with Crippen molar-refractivity contribution in [1.29, 1.82) is 0 Å². The van der Waals surface area contributed by atoms with Crippen LogP contribution in [0.3, 0.4) is 0 Å². The minimum atomic E-state index is -0.239. The predicted octanol–water partition coefficient (Wildman–Crippen LogP) is 4.81. The Morgan fingerprint density at radius 2 is 1.97 bits per heavy atom. The van der Waals surface area contributed by atoms with Crippen molar-refractivity contribution in [3.63, 3.8) is 0 Å². The average molecular weight is 547 g/mol. The van der Waals surface area contributed by atoms with Crippen molar-refractivity contribution in [3.8, 4) is 11.3 Å². The molecule has 3 aliphatic rings. The van der Waals surface area contributed by atoms with Crippen LogP contribution in [0.4, 0.5) is 0 Å². The summed E-state index contributed by atoms with van der Waals surface area (Å²) in [5.41, 5.74) is 8.57. The molecule has 2 aliphatic carbocycles. The Labute approximate surface area is 232 Å². The van der Waals surface area contributed by atoms with Crippen LogP contribution in [0.2, 0.25) is 0 Å². The van der Waals surface area contributed by atoms with E-state index in [0.29, 0.717) is 43.2 Å². The molecule has 4 aromatic heterocycles. The Morgan fingerprint density at radius 1 is 1.18 bits per heavy atom. The zero-order valence-corrected chi connectivity index (χ0v) is 24.2. The van der Waals surface area contributed by atoms with E-state index in [9.17, 15) is 9.90 Å². The summed E-state index contributed by atoms with van der Waals surface area (Å²) >= 11 is 1.95. The van der Waals surface area contributed by atoms with Gasteiger partial charge in [-0.15, -0.1) is 11.3 Å². The van der Waals surface area contributed by atoms with Gasteiger partial charge in [0.05, 0.1) is 18.3 Å². The van der Waals surface area contributed by atoms with Gasteiger partial charge in [0.25, 0.3) is 0 Å². The number of aryl methyl sites for hydroxylation is 2. The van der Waals surface area contributed by atoms with Gasteiger partial charge in [0.2, 0.25) is 5.91 Å². The fourth-order valence-corrected chi connectivity index (χ4v) is 9.00. The standard InChI is InChI=1S/C30H38N6O2S/c1-14(2)25-26-17(5)28(22-9-20-6-18(22)10-35(20)12-24(38)33-19-7-21(37)8-19)39-30(26)34-27(25)23-11-36-29(31-13-32-36)16(4)15(23)3/h11,13-14,18-22,34,37H,6-10,12H2,1-5H3,(H,33,38)/t18-,19?,20-,21?,22+/m0/s1. The number of aromatic amines is 1. The number of amides is 1. The van der Waals surface area contributed by atoms with Crippen LogP contribution in [0.15, 0.2) is 12.5 Å². The zero-order chi connectivity index (χ0) is 27.2. The van der Waals surface area contributed by atoms with E-state index in [2.05, 4.69) is 66.1 Å². The van der Waals surface area contributed by atoms with Crippen LogP contribution in [-0.2, 0) is 4.79 Å². The van der Waals surface area contributed by atoms with Gasteiger partial charge >= 0.3 is 0 Å². The third-order valence-electron chi connectivity index (χ3n) is 9.75. The molecule has 1 amide bonds. The van der Waals surface area contributed by atoms with Crippen molar-refractivity contribution >= 4 is 33.1 Å². The maximum absolute atomic E-state index is 12.6. The van der Waals surface area contributed by atoms with E-state index in [1.54, 1.807) is 6.33 Å². The first kappa shape index (κ1) is 25.2. The number of carbonyl (C=O) groups excluding carboxylic acids is 1. The van der Waals surface area contributed by atoms with Crippen LogP contribution in [0, 0.1) is 26.7 Å². The van der Waals surface area contributed by atoms with Gasteiger partial charge in [0, 0.05) is 40.7 Å². The summed E-state index contributed by atoms with van der Waals surface area (Å²) in [4.78, 5) is 26.1. The van der Waals surface area contributed by atoms with Gasteiger partial charge in [-0.3, -0.25) is 9.69 Å². The molecule has 0 aromatic carbocycles. The van der Waals surface area contributed by atoms with Gasteiger partial charge in [-0.1, -0.05) is 13.8 Å². The Bertz CT molecular complexity index is 1590. The van der Waals surface area contributed by atoms with Crippen molar-refractivity contribution < 1.29 is 9.90 Å². The number of nitrogens with one attached hydrogen (secondary N) is 2. The third kappa shape index (κ3) is 3.96. The number of likely N-dealkylation sites (tertiary alicyclic amines) is 1. The second kappa shape index (κ2) is 9.14. The molecular weight excluding hydrogens is 508 g/mol. The van der Waals surface area contributed by atoms with Crippen LogP contribution < -0.4 is 5.32 Å². The molecule has 9 heteroatoms. The van der Waals surface area contributed by atoms with Gasteiger partial charge in [0.1, 0.15) is 11.2 Å². The Hall–Kier alpha value is -2.75. The van der Waals surface area contributed by atoms with Crippen LogP contribution >= 0.6 is 11.3 Å². The number of carbonyl (C=O) groups is 1. The van der Waals surface area contributed by atoms with Crippen LogP contribution in [0.25, 0.3) is 27.1 Å². The highest BCUT2D eigenvalue weighted by Gasteiger charge is 2.47. The largest absolute Gasteiger partial charge is 0.393 e. The van der Waals surface area contributed by atoms with Crippen LogP contribution in [-0.4, -0.2) is 66.8 Å². The van der Waals surface area contributed by atoms with E-state index >= 15 is 0 Å². The Balaban J connectivity index is 1.16. The molecule has 5 heterocycles. The summed E-state index contributed by atoms with van der Waals surface area (Å²) in [7, 11) is 0. The average Bonchev–Trinajstić information content (AvgIpc) is 3.67. The summed E-state index contributed by atoms with van der Waals surface area (Å²) in [6.07, 6.45) is 7.21. The van der Waals surface area contributed by atoms with E-state index in [0.717, 1.165) is 18.6 Å². The van der Waals surface area contributed by atoms with Crippen molar-refractivity contribution in [2.45, 2.75) is 90.3 Å². The van der Waals surface area contributed by atoms with Crippen molar-refractivity contribution in [1.82, 2.24) is 29.8 Å². The maximum Gasteiger partial charge on any atom is 0.234 e. The van der Waals surface area contributed by atoms with Crippen molar-refractivity contribution in [2.75, 3.05) is 13.1 Å². The molecule has 39 heavy (non-hydrogen) atoms. The number of aromatic nitrogens is 4. The molecule has 0 unspecified atom stereocenters. The summed E-state index contributed by atoms with van der Waals surface area (Å²) in [5.74, 6) is 1.67. The molecule has 7 rings (SSSR count). The highest BCUT2D eigenvalue weighted by molar-refractivity contribution is 7.19. The van der Waals surface area contributed by atoms with Crippen LogP contribution in [0.1, 0.15) is 78.5 Å². The van der Waals surface area contributed by atoms with Gasteiger partial charge in [-0.05, 0) is 86.5 Å². The zero-order valence-electron chi connectivity index (χ0n) is 23.4. The van der Waals surface area contributed by atoms with E-state index in [1.165, 1.54) is 55.0 Å². The molecule has 1 saturated heterocycles. The summed E-state index contributed by atoms with van der Waals surface area (Å²) in [6, 6.07) is 0.639. The molecule has 4 aromatic rings. The first-order chi connectivity index (χ1) is 18.7. The monoisotopic (exact) mass is 546 g/mol. The van der Waals surface area contributed by atoms with E-state index < -0.39 is 0 Å². The number of piperidine rings is 1. The molecule has 2 bridgehead atoms. The lowest BCUT2D eigenvalue weighted by Crippen LogP contribution is -2.50. The minimum absolute atomic E-state index is 0.111. The second-order valence-electron chi connectivity index (χ2n) is 12.5. The lowest BCUT2D eigenvalue weighted by atomic mass is 9.88. The number of hydrogen-bond donors (Lipinski definition) is 3. The summed E-state index contributed by atoms with van der Waals surface area (Å²) in [6.45, 7) is 12.7. The lowest BCUT2D eigenvalue weighted by molar-refractivity contribution is -0.124. The normalized spacial score (nSPS) is 26.8. The van der Waals surface area contributed by atoms with E-state index in [-0.39, 0.29) is 18.1 Å². The highest BCUT2D eigenvalue weighted by atomic mass is 32.1. The number of rotatable bonds is 6. The summed E-state index contributed by atoms with van der Waals surface area (Å²) in [5, 5.41) is 18.4.